The van der Waals surface area contributed by atoms with Gasteiger partial charge in [0.1, 0.15) is 0 Å². The highest BCUT2D eigenvalue weighted by Crippen LogP contribution is 2.36. The topological polar surface area (TPSA) is 54.9 Å². The van der Waals surface area contributed by atoms with Gasteiger partial charge in [0.15, 0.2) is 16.6 Å². The van der Waals surface area contributed by atoms with Crippen LogP contribution in [0.5, 0.6) is 11.5 Å². The van der Waals surface area contributed by atoms with E-state index in [4.69, 9.17) is 21.7 Å². The summed E-state index contributed by atoms with van der Waals surface area (Å²) in [6.45, 7) is 4.42. The number of halogens is 1. The second-order valence-corrected chi connectivity index (χ2v) is 4.86. The van der Waals surface area contributed by atoms with E-state index in [1.54, 1.807) is 12.3 Å². The fourth-order valence-electron chi connectivity index (χ4n) is 1.40. The largest absolute Gasteiger partial charge is 0.454 e. The van der Waals surface area contributed by atoms with Gasteiger partial charge >= 0.3 is 0 Å². The number of hydrogen-bond acceptors (Lipinski definition) is 4. The molecule has 19 heavy (non-hydrogen) atoms. The fourth-order valence-corrected chi connectivity index (χ4v) is 1.96. The first-order chi connectivity index (χ1) is 9.20. The maximum absolute atomic E-state index is 5.30. The van der Waals surface area contributed by atoms with Crippen molar-refractivity contribution in [2.45, 2.75) is 0 Å². The van der Waals surface area contributed by atoms with Gasteiger partial charge in [-0.25, -0.2) is 0 Å². The summed E-state index contributed by atoms with van der Waals surface area (Å²) in [6.07, 6.45) is 3.36. The molecule has 1 aromatic rings. The zero-order chi connectivity index (χ0) is 13.7. The van der Waals surface area contributed by atoms with Gasteiger partial charge in [-0.15, -0.1) is 6.58 Å². The van der Waals surface area contributed by atoms with E-state index < -0.39 is 0 Å². The van der Waals surface area contributed by atoms with Crippen molar-refractivity contribution in [3.05, 3.63) is 34.8 Å². The summed E-state index contributed by atoms with van der Waals surface area (Å²) in [5, 5.41) is 7.39. The lowest BCUT2D eigenvalue weighted by atomic mass is 10.2. The second-order valence-electron chi connectivity index (χ2n) is 3.60. The van der Waals surface area contributed by atoms with E-state index in [9.17, 15) is 0 Å². The van der Waals surface area contributed by atoms with Crippen LogP contribution in [0.4, 0.5) is 0 Å². The highest BCUT2D eigenvalue weighted by atomic mass is 79.9. The normalized spacial score (nSPS) is 12.5. The third-order valence-electron chi connectivity index (χ3n) is 2.27. The number of ether oxygens (including phenoxy) is 2. The molecule has 0 aromatic heterocycles. The zero-order valence-electron chi connectivity index (χ0n) is 9.98. The van der Waals surface area contributed by atoms with Crippen LogP contribution in [0.3, 0.4) is 0 Å². The van der Waals surface area contributed by atoms with Crippen molar-refractivity contribution < 1.29 is 9.47 Å². The molecule has 7 heteroatoms. The molecule has 0 radical (unpaired) electrons. The molecule has 1 heterocycles. The van der Waals surface area contributed by atoms with E-state index in [1.165, 1.54) is 0 Å². The Bertz CT molecular complexity index is 534. The predicted octanol–water partition coefficient (Wildman–Crippen LogP) is 2.16. The maximum Gasteiger partial charge on any atom is 0.231 e. The molecule has 2 N–H and O–H groups in total. The molecule has 0 amide bonds. The summed E-state index contributed by atoms with van der Waals surface area (Å²) in [4.78, 5) is 0. The van der Waals surface area contributed by atoms with E-state index in [0.717, 1.165) is 15.8 Å². The van der Waals surface area contributed by atoms with E-state index in [-0.39, 0.29) is 6.79 Å². The average Bonchev–Trinajstić information content (AvgIpc) is 2.83. The van der Waals surface area contributed by atoms with Crippen molar-refractivity contribution in [1.29, 1.82) is 0 Å². The van der Waals surface area contributed by atoms with E-state index >= 15 is 0 Å². The minimum atomic E-state index is 0.246. The van der Waals surface area contributed by atoms with Crippen molar-refractivity contribution in [2.75, 3.05) is 13.3 Å². The standard InChI is InChI=1S/C12H12BrN3O2S/c1-2-3-14-12(19)16-15-6-8-4-10-11(5-9(8)13)18-7-17-10/h2,4-6H,1,3,7H2,(H2,14,16,19)/b15-6+. The summed E-state index contributed by atoms with van der Waals surface area (Å²) >= 11 is 8.45. The number of rotatable bonds is 4. The fraction of sp³-hybridized carbons (Fsp3) is 0.167. The van der Waals surface area contributed by atoms with Gasteiger partial charge < -0.3 is 14.8 Å². The lowest BCUT2D eigenvalue weighted by Gasteiger charge is -2.04. The van der Waals surface area contributed by atoms with Crippen LogP contribution in [-0.4, -0.2) is 24.7 Å². The van der Waals surface area contributed by atoms with Crippen molar-refractivity contribution in [3.63, 3.8) is 0 Å². The van der Waals surface area contributed by atoms with E-state index in [1.807, 2.05) is 12.1 Å². The summed E-state index contributed by atoms with van der Waals surface area (Å²) in [5.74, 6) is 1.43. The van der Waals surface area contributed by atoms with E-state index in [0.29, 0.717) is 17.4 Å². The molecule has 5 nitrogen and oxygen atoms in total. The van der Waals surface area contributed by atoms with Crippen LogP contribution >= 0.6 is 28.1 Å². The van der Waals surface area contributed by atoms with Crippen LogP contribution in [0.2, 0.25) is 0 Å². The Labute approximate surface area is 124 Å². The number of thiocarbonyl (C=S) groups is 1. The van der Waals surface area contributed by atoms with Crippen molar-refractivity contribution in [2.24, 2.45) is 5.10 Å². The lowest BCUT2D eigenvalue weighted by Crippen LogP contribution is -2.31. The Morgan fingerprint density at radius 3 is 2.95 bits per heavy atom. The monoisotopic (exact) mass is 341 g/mol. The van der Waals surface area contributed by atoms with Gasteiger partial charge in [0.2, 0.25) is 6.79 Å². The van der Waals surface area contributed by atoms with E-state index in [2.05, 4.69) is 38.4 Å². The third-order valence-corrected chi connectivity index (χ3v) is 3.19. The Balaban J connectivity index is 1.99. The Kier molecular flexibility index (Phi) is 4.75. The number of benzene rings is 1. The van der Waals surface area contributed by atoms with Crippen LogP contribution in [0.1, 0.15) is 5.56 Å². The van der Waals surface area contributed by atoms with Gasteiger partial charge in [-0.1, -0.05) is 6.08 Å². The molecule has 0 saturated carbocycles. The molecule has 0 bridgehead atoms. The first kappa shape index (κ1) is 13.8. The summed E-state index contributed by atoms with van der Waals surface area (Å²) in [7, 11) is 0. The molecule has 2 rings (SSSR count). The average molecular weight is 342 g/mol. The van der Waals surface area contributed by atoms with Crippen LogP contribution in [0.25, 0.3) is 0 Å². The molecular weight excluding hydrogens is 330 g/mol. The number of hydrazone groups is 1. The molecule has 0 atom stereocenters. The third kappa shape index (κ3) is 3.68. The van der Waals surface area contributed by atoms with Crippen LogP contribution < -0.4 is 20.2 Å². The van der Waals surface area contributed by atoms with Gasteiger partial charge in [-0.3, -0.25) is 5.43 Å². The molecule has 0 fully saturated rings. The number of fused-ring (bicyclic) bond motifs is 1. The van der Waals surface area contributed by atoms with Crippen molar-refractivity contribution in [3.8, 4) is 11.5 Å². The SMILES string of the molecule is C=CCNC(=S)N/N=C/c1cc2c(cc1Br)OCO2. The number of hydrogen-bond donors (Lipinski definition) is 2. The highest BCUT2D eigenvalue weighted by Gasteiger charge is 2.15. The first-order valence-corrected chi connectivity index (χ1v) is 6.68. The van der Waals surface area contributed by atoms with Gasteiger partial charge in [-0.05, 0) is 40.3 Å². The molecule has 0 unspecified atom stereocenters. The van der Waals surface area contributed by atoms with Crippen molar-refractivity contribution in [1.82, 2.24) is 10.7 Å². The van der Waals surface area contributed by atoms with Gasteiger partial charge in [0.25, 0.3) is 0 Å². The minimum Gasteiger partial charge on any atom is -0.454 e. The van der Waals surface area contributed by atoms with Crippen LogP contribution in [0.15, 0.2) is 34.4 Å². The maximum atomic E-state index is 5.30. The summed E-state index contributed by atoms with van der Waals surface area (Å²) in [5.41, 5.74) is 3.57. The summed E-state index contributed by atoms with van der Waals surface area (Å²) in [6, 6.07) is 3.69. The molecular formula is C12H12BrN3O2S. The number of nitrogens with one attached hydrogen (secondary N) is 2. The predicted molar refractivity (Wildman–Crippen MR) is 81.8 cm³/mol. The number of nitrogens with zero attached hydrogens (tertiary/aromatic N) is 1. The molecule has 1 aliphatic rings. The van der Waals surface area contributed by atoms with Gasteiger partial charge in [0, 0.05) is 16.6 Å². The molecule has 0 spiro atoms. The Hall–Kier alpha value is -1.60. The van der Waals surface area contributed by atoms with Crippen molar-refractivity contribution >= 4 is 39.5 Å². The molecule has 100 valence electrons. The minimum absolute atomic E-state index is 0.246. The van der Waals surface area contributed by atoms with Gasteiger partial charge in [-0.2, -0.15) is 5.10 Å². The Morgan fingerprint density at radius 1 is 1.47 bits per heavy atom. The molecule has 0 saturated heterocycles. The second kappa shape index (κ2) is 6.53. The Morgan fingerprint density at radius 2 is 2.21 bits per heavy atom. The smallest absolute Gasteiger partial charge is 0.231 e. The highest BCUT2D eigenvalue weighted by molar-refractivity contribution is 9.10. The van der Waals surface area contributed by atoms with Crippen LogP contribution in [-0.2, 0) is 0 Å². The van der Waals surface area contributed by atoms with Crippen LogP contribution in [0, 0.1) is 0 Å². The summed E-state index contributed by atoms with van der Waals surface area (Å²) < 4.78 is 11.4. The quantitative estimate of drug-likeness (QED) is 0.380. The first-order valence-electron chi connectivity index (χ1n) is 5.47. The molecule has 0 aliphatic carbocycles. The molecule has 1 aliphatic heterocycles. The van der Waals surface area contributed by atoms with Gasteiger partial charge in [0.05, 0.1) is 6.21 Å². The molecule has 1 aromatic carbocycles. The zero-order valence-corrected chi connectivity index (χ0v) is 12.4. The lowest BCUT2D eigenvalue weighted by molar-refractivity contribution is 0.174.